The Balaban J connectivity index is 1.34. The lowest BCUT2D eigenvalue weighted by Gasteiger charge is -2.37. The predicted molar refractivity (Wildman–Crippen MR) is 136 cm³/mol. The Kier molecular flexibility index (Phi) is 8.19. The molecule has 1 fully saturated rings. The van der Waals surface area contributed by atoms with Crippen molar-refractivity contribution in [2.45, 2.75) is 45.1 Å². The van der Waals surface area contributed by atoms with Crippen LogP contribution in [0.15, 0.2) is 41.9 Å². The quantitative estimate of drug-likeness (QED) is 0.419. The van der Waals surface area contributed by atoms with E-state index >= 15 is 0 Å². The number of thiophene rings is 1. The van der Waals surface area contributed by atoms with Crippen LogP contribution in [-0.2, 0) is 11.2 Å². The minimum atomic E-state index is -0.725. The number of ether oxygens (including phenoxy) is 1. The van der Waals surface area contributed by atoms with Crippen LogP contribution in [0.25, 0.3) is 10.9 Å². The Morgan fingerprint density at radius 2 is 2.18 bits per heavy atom. The minimum absolute atomic E-state index is 0.0746. The van der Waals surface area contributed by atoms with E-state index in [1.165, 1.54) is 10.4 Å². The highest BCUT2D eigenvalue weighted by Crippen LogP contribution is 2.34. The van der Waals surface area contributed by atoms with Crippen molar-refractivity contribution in [1.82, 2.24) is 9.88 Å². The molecule has 0 spiro atoms. The molecule has 1 aliphatic rings. The number of aromatic nitrogens is 1. The highest BCUT2D eigenvalue weighted by molar-refractivity contribution is 7.10. The van der Waals surface area contributed by atoms with E-state index in [-0.39, 0.29) is 5.92 Å². The van der Waals surface area contributed by atoms with Gasteiger partial charge in [-0.15, -0.1) is 11.3 Å². The van der Waals surface area contributed by atoms with Gasteiger partial charge in [-0.05, 0) is 105 Å². The largest absolute Gasteiger partial charge is 0.497 e. The standard InChI is InChI=1S/C27H34N2O4S/c1-18-11-15-34-26(18)4-3-13-29-14-10-19(23(17-29)27(31)32)5-8-25(30)21-9-12-28-24-7-6-20(33-2)16-22(21)24/h6-7,9,11-12,15-16,19,23,25,30H,3-5,8,10,13-14,17H2,1-2H3,(H,31,32)/t19-,23+,25+/m1/s1. The number of aliphatic carboxylic acids is 1. The number of aliphatic hydroxyl groups excluding tert-OH is 1. The second kappa shape index (κ2) is 11.3. The average molecular weight is 483 g/mol. The third-order valence-corrected chi connectivity index (χ3v) is 8.24. The topological polar surface area (TPSA) is 82.9 Å². The summed E-state index contributed by atoms with van der Waals surface area (Å²) in [6, 6.07) is 9.65. The van der Waals surface area contributed by atoms with Crippen molar-refractivity contribution in [2.24, 2.45) is 11.8 Å². The van der Waals surface area contributed by atoms with Gasteiger partial charge in [-0.3, -0.25) is 9.78 Å². The number of fused-ring (bicyclic) bond motifs is 1. The molecular weight excluding hydrogens is 448 g/mol. The van der Waals surface area contributed by atoms with Gasteiger partial charge in [0.15, 0.2) is 0 Å². The van der Waals surface area contributed by atoms with Gasteiger partial charge in [-0.1, -0.05) is 0 Å². The van der Waals surface area contributed by atoms with Crippen LogP contribution in [-0.4, -0.2) is 52.8 Å². The summed E-state index contributed by atoms with van der Waals surface area (Å²) in [6.07, 6.45) is 5.22. The van der Waals surface area contributed by atoms with Crippen LogP contribution in [0.4, 0.5) is 0 Å². The summed E-state index contributed by atoms with van der Waals surface area (Å²) < 4.78 is 5.34. The number of hydrogen-bond donors (Lipinski definition) is 2. The van der Waals surface area contributed by atoms with Crippen molar-refractivity contribution < 1.29 is 19.7 Å². The normalized spacial score (nSPS) is 19.9. The van der Waals surface area contributed by atoms with E-state index in [0.717, 1.165) is 54.6 Å². The van der Waals surface area contributed by atoms with Gasteiger partial charge in [0.2, 0.25) is 0 Å². The number of hydrogen-bond acceptors (Lipinski definition) is 6. The molecule has 2 N–H and O–H groups in total. The number of carboxylic acid groups (broad SMARTS) is 1. The summed E-state index contributed by atoms with van der Waals surface area (Å²) in [5, 5.41) is 23.9. The minimum Gasteiger partial charge on any atom is -0.497 e. The van der Waals surface area contributed by atoms with Crippen molar-refractivity contribution in [3.8, 4) is 5.75 Å². The maximum absolute atomic E-state index is 12.1. The molecule has 4 rings (SSSR count). The molecule has 0 amide bonds. The van der Waals surface area contributed by atoms with Crippen LogP contribution in [0, 0.1) is 18.8 Å². The Morgan fingerprint density at radius 3 is 2.91 bits per heavy atom. The van der Waals surface area contributed by atoms with Crippen LogP contribution < -0.4 is 4.74 Å². The molecule has 3 heterocycles. The fraction of sp³-hybridized carbons (Fsp3) is 0.481. The summed E-state index contributed by atoms with van der Waals surface area (Å²) in [7, 11) is 1.62. The molecule has 6 nitrogen and oxygen atoms in total. The summed E-state index contributed by atoms with van der Waals surface area (Å²) >= 11 is 1.80. The first-order chi connectivity index (χ1) is 16.5. The zero-order chi connectivity index (χ0) is 24.1. The van der Waals surface area contributed by atoms with Crippen molar-refractivity contribution in [1.29, 1.82) is 0 Å². The lowest BCUT2D eigenvalue weighted by atomic mass is 9.81. The molecule has 1 aliphatic heterocycles. The third-order valence-electron chi connectivity index (χ3n) is 7.16. The van der Waals surface area contributed by atoms with E-state index in [1.54, 1.807) is 24.6 Å². The molecular formula is C27H34N2O4S. The summed E-state index contributed by atoms with van der Waals surface area (Å²) in [5.41, 5.74) is 2.98. The number of methoxy groups -OCH3 is 1. The van der Waals surface area contributed by atoms with E-state index in [1.807, 2.05) is 24.3 Å². The van der Waals surface area contributed by atoms with Crippen LogP contribution in [0.1, 0.15) is 47.8 Å². The molecule has 2 aromatic heterocycles. The van der Waals surface area contributed by atoms with E-state index in [9.17, 15) is 15.0 Å². The molecule has 0 saturated carbocycles. The molecule has 3 atom stereocenters. The number of aliphatic hydroxyl groups is 1. The molecule has 0 bridgehead atoms. The third kappa shape index (κ3) is 5.77. The van der Waals surface area contributed by atoms with Gasteiger partial charge in [0, 0.05) is 23.0 Å². The van der Waals surface area contributed by atoms with Gasteiger partial charge in [0.1, 0.15) is 5.75 Å². The number of carbonyl (C=O) groups is 1. The number of nitrogens with zero attached hydrogens (tertiary/aromatic N) is 2. The number of piperidine rings is 1. The van der Waals surface area contributed by atoms with Gasteiger partial charge < -0.3 is 19.8 Å². The molecule has 0 radical (unpaired) electrons. The van der Waals surface area contributed by atoms with Gasteiger partial charge in [0.05, 0.1) is 24.6 Å². The molecule has 1 aromatic carbocycles. The number of carboxylic acids is 1. The van der Waals surface area contributed by atoms with E-state index in [4.69, 9.17) is 4.74 Å². The van der Waals surface area contributed by atoms with E-state index in [0.29, 0.717) is 19.4 Å². The van der Waals surface area contributed by atoms with Gasteiger partial charge in [0.25, 0.3) is 0 Å². The molecule has 34 heavy (non-hydrogen) atoms. The van der Waals surface area contributed by atoms with Crippen LogP contribution in [0.2, 0.25) is 0 Å². The van der Waals surface area contributed by atoms with Crippen molar-refractivity contribution in [3.63, 3.8) is 0 Å². The number of aryl methyl sites for hydroxylation is 2. The van der Waals surface area contributed by atoms with Crippen LogP contribution >= 0.6 is 11.3 Å². The van der Waals surface area contributed by atoms with Crippen LogP contribution in [0.3, 0.4) is 0 Å². The van der Waals surface area contributed by atoms with E-state index < -0.39 is 18.0 Å². The fourth-order valence-electron chi connectivity index (χ4n) is 5.11. The first-order valence-electron chi connectivity index (χ1n) is 12.0. The Bertz CT molecular complexity index is 1110. The number of rotatable bonds is 10. The molecule has 7 heteroatoms. The van der Waals surface area contributed by atoms with Gasteiger partial charge in [-0.2, -0.15) is 0 Å². The SMILES string of the molecule is COc1ccc2nccc([C@@H](O)CC[C@@H]3CCN(CCCc4sccc4C)C[C@@H]3C(=O)O)c2c1. The molecule has 182 valence electrons. The highest BCUT2D eigenvalue weighted by Gasteiger charge is 2.34. The number of likely N-dealkylation sites (tertiary alicyclic amines) is 1. The number of benzene rings is 1. The fourth-order valence-corrected chi connectivity index (χ4v) is 6.06. The maximum Gasteiger partial charge on any atom is 0.308 e. The predicted octanol–water partition coefficient (Wildman–Crippen LogP) is 5.08. The molecule has 1 saturated heterocycles. The summed E-state index contributed by atoms with van der Waals surface area (Å²) in [4.78, 5) is 20.2. The monoisotopic (exact) mass is 482 g/mol. The molecule has 0 unspecified atom stereocenters. The van der Waals surface area contributed by atoms with Gasteiger partial charge >= 0.3 is 5.97 Å². The smallest absolute Gasteiger partial charge is 0.308 e. The van der Waals surface area contributed by atoms with Crippen molar-refractivity contribution >= 4 is 28.2 Å². The average Bonchev–Trinajstić information content (AvgIpc) is 3.26. The highest BCUT2D eigenvalue weighted by atomic mass is 32.1. The zero-order valence-electron chi connectivity index (χ0n) is 19.9. The van der Waals surface area contributed by atoms with Crippen LogP contribution in [0.5, 0.6) is 5.75 Å². The molecule has 0 aliphatic carbocycles. The maximum atomic E-state index is 12.1. The first kappa shape index (κ1) is 24.6. The Labute approximate surface area is 205 Å². The van der Waals surface area contributed by atoms with E-state index in [2.05, 4.69) is 28.3 Å². The number of pyridine rings is 1. The lowest BCUT2D eigenvalue weighted by molar-refractivity contribution is -0.146. The lowest BCUT2D eigenvalue weighted by Crippen LogP contribution is -2.44. The second-order valence-corrected chi connectivity index (χ2v) is 10.3. The second-order valence-electron chi connectivity index (χ2n) is 9.30. The van der Waals surface area contributed by atoms with Crippen molar-refractivity contribution in [3.05, 3.63) is 57.9 Å². The molecule has 3 aromatic rings. The summed E-state index contributed by atoms with van der Waals surface area (Å²) in [5.74, 6) is -0.317. The Hall–Kier alpha value is -2.48. The zero-order valence-corrected chi connectivity index (χ0v) is 20.8. The van der Waals surface area contributed by atoms with Crippen molar-refractivity contribution in [2.75, 3.05) is 26.7 Å². The Morgan fingerprint density at radius 1 is 1.32 bits per heavy atom. The van der Waals surface area contributed by atoms with Gasteiger partial charge in [-0.25, -0.2) is 0 Å². The first-order valence-corrected chi connectivity index (χ1v) is 12.9. The summed E-state index contributed by atoms with van der Waals surface area (Å²) in [6.45, 7) is 4.59.